The van der Waals surface area contributed by atoms with E-state index < -0.39 is 0 Å². The van der Waals surface area contributed by atoms with Crippen molar-refractivity contribution in [3.05, 3.63) is 69.7 Å². The van der Waals surface area contributed by atoms with Crippen LogP contribution in [0.5, 0.6) is 0 Å². The minimum atomic E-state index is -0.292. The van der Waals surface area contributed by atoms with Crippen molar-refractivity contribution in [3.63, 3.8) is 0 Å². The number of benzene rings is 2. The van der Waals surface area contributed by atoms with Crippen molar-refractivity contribution >= 4 is 40.4 Å². The Kier molecular flexibility index (Phi) is 5.65. The summed E-state index contributed by atoms with van der Waals surface area (Å²) in [6, 6.07) is 14.7. The van der Waals surface area contributed by atoms with E-state index in [0.717, 1.165) is 36.5 Å². The van der Waals surface area contributed by atoms with E-state index in [2.05, 4.69) is 10.3 Å². The van der Waals surface area contributed by atoms with Gasteiger partial charge in [0.2, 0.25) is 0 Å². The molecule has 7 heteroatoms. The van der Waals surface area contributed by atoms with Crippen LogP contribution in [0.15, 0.2) is 48.5 Å². The molecule has 2 aromatic carbocycles. The van der Waals surface area contributed by atoms with E-state index in [4.69, 9.17) is 11.6 Å². The summed E-state index contributed by atoms with van der Waals surface area (Å²) in [7, 11) is 0. The van der Waals surface area contributed by atoms with Crippen molar-refractivity contribution in [2.24, 2.45) is 0 Å². The molecule has 1 aliphatic rings. The molecular formula is C22H20ClN3O2S. The largest absolute Gasteiger partial charge is 0.339 e. The van der Waals surface area contributed by atoms with Crippen LogP contribution in [-0.2, 0) is 0 Å². The summed E-state index contributed by atoms with van der Waals surface area (Å²) in [6.45, 7) is 3.29. The fraction of sp³-hybridized carbons (Fsp3) is 0.227. The topological polar surface area (TPSA) is 62.3 Å². The maximum Gasteiger partial charge on any atom is 0.267 e. The lowest BCUT2D eigenvalue weighted by molar-refractivity contribution is 0.0794. The number of halogens is 1. The Bertz CT molecular complexity index is 1060. The molecule has 0 unspecified atom stereocenters. The zero-order valence-electron chi connectivity index (χ0n) is 15.9. The van der Waals surface area contributed by atoms with Crippen molar-refractivity contribution in [1.29, 1.82) is 0 Å². The lowest BCUT2D eigenvalue weighted by atomic mass is 10.1. The number of nitrogens with one attached hydrogen (secondary N) is 1. The van der Waals surface area contributed by atoms with Crippen LogP contribution < -0.4 is 5.32 Å². The molecule has 4 rings (SSSR count). The summed E-state index contributed by atoms with van der Waals surface area (Å²) in [4.78, 5) is 32.7. The van der Waals surface area contributed by atoms with E-state index in [9.17, 15) is 9.59 Å². The zero-order chi connectivity index (χ0) is 20.4. The molecule has 1 aromatic heterocycles. The van der Waals surface area contributed by atoms with Crippen LogP contribution in [0.25, 0.3) is 10.6 Å². The van der Waals surface area contributed by atoms with Crippen LogP contribution in [0.4, 0.5) is 5.69 Å². The summed E-state index contributed by atoms with van der Waals surface area (Å²) < 4.78 is 0. The van der Waals surface area contributed by atoms with E-state index >= 15 is 0 Å². The maximum absolute atomic E-state index is 13.0. The number of carbonyl (C=O) groups is 2. The molecule has 0 atom stereocenters. The van der Waals surface area contributed by atoms with Crippen molar-refractivity contribution < 1.29 is 9.59 Å². The molecule has 0 aliphatic carbocycles. The van der Waals surface area contributed by atoms with Crippen molar-refractivity contribution in [2.45, 2.75) is 19.8 Å². The van der Waals surface area contributed by atoms with Crippen molar-refractivity contribution in [2.75, 3.05) is 18.4 Å². The quantitative estimate of drug-likeness (QED) is 0.620. The number of amides is 2. The van der Waals surface area contributed by atoms with Crippen LogP contribution in [0.2, 0.25) is 5.02 Å². The fourth-order valence-electron chi connectivity index (χ4n) is 3.39. The van der Waals surface area contributed by atoms with Gasteiger partial charge in [-0.05, 0) is 38.0 Å². The fourth-order valence-corrected chi connectivity index (χ4v) is 4.53. The smallest absolute Gasteiger partial charge is 0.267 e. The SMILES string of the molecule is Cc1nc(-c2ccccc2)sc1C(=O)Nc1cc(Cl)ccc1C(=O)N1CCCC1. The Morgan fingerprint density at radius 3 is 2.55 bits per heavy atom. The number of carbonyl (C=O) groups excluding carboxylic acids is 2. The third kappa shape index (κ3) is 4.18. The highest BCUT2D eigenvalue weighted by Gasteiger charge is 2.24. The molecule has 2 amide bonds. The minimum Gasteiger partial charge on any atom is -0.339 e. The van der Waals surface area contributed by atoms with Gasteiger partial charge in [-0.3, -0.25) is 9.59 Å². The van der Waals surface area contributed by atoms with Gasteiger partial charge in [-0.1, -0.05) is 41.9 Å². The van der Waals surface area contributed by atoms with Crippen molar-refractivity contribution in [1.82, 2.24) is 9.88 Å². The predicted octanol–water partition coefficient (Wildman–Crippen LogP) is 5.26. The molecule has 1 N–H and O–H groups in total. The molecule has 0 radical (unpaired) electrons. The number of hydrogen-bond donors (Lipinski definition) is 1. The molecule has 2 heterocycles. The molecule has 0 spiro atoms. The van der Waals surface area contributed by atoms with Gasteiger partial charge in [-0.25, -0.2) is 4.98 Å². The average molecular weight is 426 g/mol. The first-order valence-electron chi connectivity index (χ1n) is 9.46. The van der Waals surface area contributed by atoms with Gasteiger partial charge in [0.25, 0.3) is 11.8 Å². The number of rotatable bonds is 4. The first-order chi connectivity index (χ1) is 14.0. The molecule has 148 valence electrons. The Morgan fingerprint density at radius 1 is 1.10 bits per heavy atom. The lowest BCUT2D eigenvalue weighted by Gasteiger charge is -2.18. The van der Waals surface area contributed by atoms with Crippen molar-refractivity contribution in [3.8, 4) is 10.6 Å². The van der Waals surface area contributed by atoms with Crippen LogP contribution in [-0.4, -0.2) is 34.8 Å². The van der Waals surface area contributed by atoms with Crippen LogP contribution in [0.3, 0.4) is 0 Å². The molecule has 29 heavy (non-hydrogen) atoms. The minimum absolute atomic E-state index is 0.0829. The van der Waals surface area contributed by atoms with E-state index in [1.807, 2.05) is 42.2 Å². The highest BCUT2D eigenvalue weighted by Crippen LogP contribution is 2.30. The van der Waals surface area contributed by atoms with Crippen LogP contribution in [0, 0.1) is 6.92 Å². The number of thiazole rings is 1. The predicted molar refractivity (Wildman–Crippen MR) is 117 cm³/mol. The Morgan fingerprint density at radius 2 is 1.83 bits per heavy atom. The molecule has 1 fully saturated rings. The van der Waals surface area contributed by atoms with E-state index in [-0.39, 0.29) is 11.8 Å². The summed E-state index contributed by atoms with van der Waals surface area (Å²) in [6.07, 6.45) is 2.01. The molecular weight excluding hydrogens is 406 g/mol. The molecule has 0 bridgehead atoms. The Hall–Kier alpha value is -2.70. The molecule has 1 aliphatic heterocycles. The highest BCUT2D eigenvalue weighted by molar-refractivity contribution is 7.17. The Balaban J connectivity index is 1.61. The van der Waals surface area contributed by atoms with Gasteiger partial charge in [-0.15, -0.1) is 11.3 Å². The lowest BCUT2D eigenvalue weighted by Crippen LogP contribution is -2.28. The maximum atomic E-state index is 13.0. The van der Waals surface area contributed by atoms with E-state index in [0.29, 0.717) is 26.8 Å². The number of nitrogens with zero attached hydrogens (tertiary/aromatic N) is 2. The summed E-state index contributed by atoms with van der Waals surface area (Å²) >= 11 is 7.47. The van der Waals surface area contributed by atoms with Gasteiger partial charge < -0.3 is 10.2 Å². The van der Waals surface area contributed by atoms with Gasteiger partial charge in [0, 0.05) is 23.7 Å². The first-order valence-corrected chi connectivity index (χ1v) is 10.7. The average Bonchev–Trinajstić information content (AvgIpc) is 3.38. The van der Waals surface area contributed by atoms with Gasteiger partial charge in [-0.2, -0.15) is 0 Å². The third-order valence-corrected chi connectivity index (χ3v) is 6.32. The second-order valence-corrected chi connectivity index (χ2v) is 8.38. The number of aryl methyl sites for hydroxylation is 1. The summed E-state index contributed by atoms with van der Waals surface area (Å²) in [5, 5.41) is 4.12. The van der Waals surface area contributed by atoms with Gasteiger partial charge >= 0.3 is 0 Å². The Labute approximate surface area is 178 Å². The third-order valence-electron chi connectivity index (χ3n) is 4.88. The number of likely N-dealkylation sites (tertiary alicyclic amines) is 1. The van der Waals surface area contributed by atoms with Gasteiger partial charge in [0.1, 0.15) is 9.88 Å². The second kappa shape index (κ2) is 8.35. The molecule has 0 saturated carbocycles. The zero-order valence-corrected chi connectivity index (χ0v) is 17.5. The van der Waals surface area contributed by atoms with E-state index in [1.165, 1.54) is 11.3 Å². The number of aromatic nitrogens is 1. The molecule has 1 saturated heterocycles. The standard InChI is InChI=1S/C22H20ClN3O2S/c1-14-19(29-21(24-14)15-7-3-2-4-8-15)20(27)25-18-13-16(23)9-10-17(18)22(28)26-11-5-6-12-26/h2-4,7-10,13H,5-6,11-12H2,1H3,(H,25,27). The number of anilines is 1. The molecule has 5 nitrogen and oxygen atoms in total. The van der Waals surface area contributed by atoms with Crippen LogP contribution in [0.1, 0.15) is 38.6 Å². The van der Waals surface area contributed by atoms with Gasteiger partial charge in [0.15, 0.2) is 0 Å². The monoisotopic (exact) mass is 425 g/mol. The normalized spacial score (nSPS) is 13.5. The van der Waals surface area contributed by atoms with Crippen LogP contribution >= 0.6 is 22.9 Å². The first kappa shape index (κ1) is 19.6. The van der Waals surface area contributed by atoms with Gasteiger partial charge in [0.05, 0.1) is 16.9 Å². The highest BCUT2D eigenvalue weighted by atomic mass is 35.5. The summed E-state index contributed by atoms with van der Waals surface area (Å²) in [5.41, 5.74) is 2.50. The second-order valence-electron chi connectivity index (χ2n) is 6.94. The number of hydrogen-bond acceptors (Lipinski definition) is 4. The summed E-state index contributed by atoms with van der Waals surface area (Å²) in [5.74, 6) is -0.375. The molecule has 3 aromatic rings. The van der Waals surface area contributed by atoms with E-state index in [1.54, 1.807) is 18.2 Å².